The molecule has 8 heteroatoms. The van der Waals surface area contributed by atoms with Gasteiger partial charge in [0.25, 0.3) is 5.01 Å². The number of allylic oxidation sites excluding steroid dienone is 2. The van der Waals surface area contributed by atoms with Crippen molar-refractivity contribution >= 4 is 76.9 Å². The molecule has 39 heavy (non-hydrogen) atoms. The molecule has 1 aliphatic heterocycles. The van der Waals surface area contributed by atoms with E-state index in [-0.39, 0.29) is 0 Å². The van der Waals surface area contributed by atoms with Gasteiger partial charge < -0.3 is 13.9 Å². The average Bonchev–Trinajstić information content (AvgIpc) is 3.34. The third-order valence-electron chi connectivity index (χ3n) is 6.83. The fourth-order valence-electron chi connectivity index (χ4n) is 4.79. The maximum atomic E-state index is 3.71. The Kier molecular flexibility index (Phi) is 10.1. The zero-order valence-electron chi connectivity index (χ0n) is 24.4. The SMILES string of the molecule is CCC(=Cc1sc2ccc(Br)cc2[n+]1CCC[N+](C)(C)C)C=C1Sc2ccc(Br)cc2N1CCC[N+](C)(C)C. The Bertz CT molecular complexity index is 1380. The molecule has 0 fully saturated rings. The van der Waals surface area contributed by atoms with Crippen LogP contribution in [0.25, 0.3) is 16.3 Å². The first-order valence-electron chi connectivity index (χ1n) is 13.7. The minimum atomic E-state index is 0.988. The molecule has 1 aromatic heterocycles. The lowest BCUT2D eigenvalue weighted by molar-refractivity contribution is -0.873. The number of hydrogen-bond acceptors (Lipinski definition) is 3. The number of halogens is 2. The molecular formula is C31H43Br2N4S2+3. The van der Waals surface area contributed by atoms with Crippen LogP contribution in [0, 0.1) is 0 Å². The van der Waals surface area contributed by atoms with Crippen molar-refractivity contribution in [1.82, 2.24) is 0 Å². The van der Waals surface area contributed by atoms with E-state index in [1.54, 1.807) is 0 Å². The molecule has 0 amide bonds. The molecule has 3 aromatic rings. The van der Waals surface area contributed by atoms with Gasteiger partial charge in [0.1, 0.15) is 4.70 Å². The van der Waals surface area contributed by atoms with Crippen LogP contribution in [0.2, 0.25) is 0 Å². The van der Waals surface area contributed by atoms with E-state index in [9.17, 15) is 0 Å². The van der Waals surface area contributed by atoms with Crippen LogP contribution < -0.4 is 9.47 Å². The fourth-order valence-corrected chi connectivity index (χ4v) is 7.78. The summed E-state index contributed by atoms with van der Waals surface area (Å²) in [6.45, 7) is 6.63. The summed E-state index contributed by atoms with van der Waals surface area (Å²) in [5.74, 6) is 0. The van der Waals surface area contributed by atoms with Crippen LogP contribution in [0.15, 0.2) is 66.9 Å². The molecule has 4 rings (SSSR count). The standard InChI is InChI=1S/C31H43Br2N4S2/c1-8-23(19-30-34(15-9-17-36(2,3)4)26-21-24(32)11-13-28(26)38-30)20-31-35(16-10-18-37(5,6)7)27-22-25(33)12-14-29(27)39-31/h11-14,19-22H,8-10,15-18H2,1-7H3/q+3. The third-order valence-corrected chi connectivity index (χ3v) is 10.0. The van der Waals surface area contributed by atoms with Crippen LogP contribution in [0.3, 0.4) is 0 Å². The van der Waals surface area contributed by atoms with Gasteiger partial charge in [-0.2, -0.15) is 4.57 Å². The second-order valence-electron chi connectivity index (χ2n) is 12.4. The highest BCUT2D eigenvalue weighted by molar-refractivity contribution is 9.10. The molecule has 0 aliphatic carbocycles. The first-order valence-corrected chi connectivity index (χ1v) is 16.9. The number of fused-ring (bicyclic) bond motifs is 2. The van der Waals surface area contributed by atoms with E-state index in [2.05, 4.69) is 139 Å². The zero-order valence-corrected chi connectivity index (χ0v) is 29.2. The van der Waals surface area contributed by atoms with Crippen LogP contribution >= 0.6 is 55.0 Å². The lowest BCUT2D eigenvalue weighted by atomic mass is 10.2. The first kappa shape index (κ1) is 30.8. The minimum absolute atomic E-state index is 0.988. The van der Waals surface area contributed by atoms with Gasteiger partial charge in [0.05, 0.1) is 72.5 Å². The largest absolute Gasteiger partial charge is 0.335 e. The molecule has 0 atom stereocenters. The summed E-state index contributed by atoms with van der Waals surface area (Å²) >= 11 is 11.2. The summed E-state index contributed by atoms with van der Waals surface area (Å²) in [4.78, 5) is 3.87. The van der Waals surface area contributed by atoms with Gasteiger partial charge in [-0.25, -0.2) is 0 Å². The molecule has 0 N–H and O–H groups in total. The molecule has 2 heterocycles. The predicted molar refractivity (Wildman–Crippen MR) is 178 cm³/mol. The van der Waals surface area contributed by atoms with Crippen molar-refractivity contribution in [2.24, 2.45) is 0 Å². The van der Waals surface area contributed by atoms with E-state index in [0.29, 0.717) is 0 Å². The van der Waals surface area contributed by atoms with Crippen molar-refractivity contribution in [3.8, 4) is 0 Å². The van der Waals surface area contributed by atoms with Crippen molar-refractivity contribution < 1.29 is 13.5 Å². The number of nitrogens with zero attached hydrogens (tertiary/aromatic N) is 4. The monoisotopic (exact) mass is 693 g/mol. The van der Waals surface area contributed by atoms with Crippen molar-refractivity contribution in [2.75, 3.05) is 66.8 Å². The van der Waals surface area contributed by atoms with Gasteiger partial charge >= 0.3 is 0 Å². The lowest BCUT2D eigenvalue weighted by Gasteiger charge is -2.26. The molecule has 1 aliphatic rings. The highest BCUT2D eigenvalue weighted by atomic mass is 79.9. The van der Waals surface area contributed by atoms with Gasteiger partial charge in [-0.05, 0) is 48.4 Å². The van der Waals surface area contributed by atoms with Crippen LogP contribution in [0.5, 0.6) is 0 Å². The number of benzene rings is 2. The summed E-state index contributed by atoms with van der Waals surface area (Å²) in [5.41, 5.74) is 4.01. The van der Waals surface area contributed by atoms with Crippen LogP contribution in [-0.2, 0) is 6.54 Å². The fraction of sp³-hybridized carbons (Fsp3) is 0.452. The van der Waals surface area contributed by atoms with Crippen molar-refractivity contribution in [2.45, 2.75) is 37.6 Å². The molecule has 210 valence electrons. The quantitative estimate of drug-likeness (QED) is 0.148. The lowest BCUT2D eigenvalue weighted by Crippen LogP contribution is -2.40. The molecule has 0 bridgehead atoms. The number of hydrogen-bond donors (Lipinski definition) is 0. The van der Waals surface area contributed by atoms with Gasteiger partial charge in [0.15, 0.2) is 6.54 Å². The van der Waals surface area contributed by atoms with Crippen LogP contribution in [0.4, 0.5) is 5.69 Å². The Morgan fingerprint density at radius 2 is 1.59 bits per heavy atom. The predicted octanol–water partition coefficient (Wildman–Crippen LogP) is 8.15. The number of aryl methyl sites for hydroxylation is 1. The number of thioether (sulfide) groups is 1. The topological polar surface area (TPSA) is 7.12 Å². The first-order chi connectivity index (χ1) is 18.3. The van der Waals surface area contributed by atoms with Gasteiger partial charge in [0, 0.05) is 38.9 Å². The summed E-state index contributed by atoms with van der Waals surface area (Å²) in [7, 11) is 13.7. The number of thiazole rings is 1. The molecule has 0 spiro atoms. The summed E-state index contributed by atoms with van der Waals surface area (Å²) < 4.78 is 8.12. The maximum Gasteiger partial charge on any atom is 0.263 e. The molecule has 2 aromatic carbocycles. The Morgan fingerprint density at radius 3 is 2.28 bits per heavy atom. The zero-order chi connectivity index (χ0) is 28.4. The Labute approximate surface area is 260 Å². The minimum Gasteiger partial charge on any atom is -0.335 e. The average molecular weight is 696 g/mol. The summed E-state index contributed by atoms with van der Waals surface area (Å²) in [6, 6.07) is 13.4. The van der Waals surface area contributed by atoms with E-state index in [0.717, 1.165) is 63.4 Å². The van der Waals surface area contributed by atoms with Gasteiger partial charge in [-0.15, -0.1) is 0 Å². The smallest absolute Gasteiger partial charge is 0.263 e. The molecule has 0 saturated carbocycles. The van der Waals surface area contributed by atoms with Gasteiger partial charge in [-0.3, -0.25) is 0 Å². The second-order valence-corrected chi connectivity index (χ2v) is 16.3. The van der Waals surface area contributed by atoms with Gasteiger partial charge in [0.2, 0.25) is 5.52 Å². The third kappa shape index (κ3) is 8.43. The van der Waals surface area contributed by atoms with E-state index in [1.807, 2.05) is 23.1 Å². The van der Waals surface area contributed by atoms with Crippen molar-refractivity contribution in [3.05, 3.63) is 67.0 Å². The number of aromatic nitrogens is 1. The molecule has 0 unspecified atom stereocenters. The molecular weight excluding hydrogens is 652 g/mol. The summed E-state index contributed by atoms with van der Waals surface area (Å²) in [5, 5.41) is 2.66. The summed E-state index contributed by atoms with van der Waals surface area (Å²) in [6.07, 6.45) is 8.15. The van der Waals surface area contributed by atoms with Crippen molar-refractivity contribution in [1.29, 1.82) is 0 Å². The van der Waals surface area contributed by atoms with Crippen LogP contribution in [-0.4, -0.2) is 70.9 Å². The van der Waals surface area contributed by atoms with E-state index in [1.165, 1.54) is 36.4 Å². The molecule has 0 saturated heterocycles. The molecule has 4 nitrogen and oxygen atoms in total. The van der Waals surface area contributed by atoms with E-state index in [4.69, 9.17) is 0 Å². The molecule has 0 radical (unpaired) electrons. The Hall–Kier alpha value is -1.16. The maximum absolute atomic E-state index is 3.71. The highest BCUT2D eigenvalue weighted by Gasteiger charge is 2.27. The highest BCUT2D eigenvalue weighted by Crippen LogP contribution is 2.47. The van der Waals surface area contributed by atoms with E-state index < -0.39 is 0 Å². The Balaban J connectivity index is 1.69. The normalized spacial score (nSPS) is 15.6. The van der Waals surface area contributed by atoms with Crippen LogP contribution in [0.1, 0.15) is 31.2 Å². The number of quaternary nitrogens is 2. The number of rotatable bonds is 11. The van der Waals surface area contributed by atoms with Gasteiger partial charge in [-0.1, -0.05) is 61.9 Å². The van der Waals surface area contributed by atoms with E-state index >= 15 is 0 Å². The van der Waals surface area contributed by atoms with Crippen molar-refractivity contribution in [3.63, 3.8) is 0 Å². The second kappa shape index (κ2) is 12.8. The number of anilines is 1. The Morgan fingerprint density at radius 1 is 0.923 bits per heavy atom.